The maximum Gasteiger partial charge on any atom is 0.279 e. The number of amides is 2. The van der Waals surface area contributed by atoms with E-state index >= 15 is 0 Å². The molecule has 0 saturated heterocycles. The van der Waals surface area contributed by atoms with Gasteiger partial charge in [0.1, 0.15) is 18.1 Å². The number of benzene rings is 3. The highest BCUT2D eigenvalue weighted by Crippen LogP contribution is 2.23. The molecule has 31 heavy (non-hydrogen) atoms. The standard InChI is InChI=1S/C24H24FN3O3/c1-28(15-17-7-11-19(25)12-8-17)16-23(29)26-20-13-9-18(10-14-20)24(30)27-21-5-3-4-6-22(21)31-2/h3-14H,15-16H2,1-2H3,(H,26,29)(H,27,30)/p+1. The maximum atomic E-state index is 13.0. The van der Waals surface area contributed by atoms with Crippen molar-refractivity contribution in [3.63, 3.8) is 0 Å². The van der Waals surface area contributed by atoms with Crippen LogP contribution in [-0.2, 0) is 11.3 Å². The van der Waals surface area contributed by atoms with Gasteiger partial charge in [-0.1, -0.05) is 24.3 Å². The Balaban J connectivity index is 1.52. The number of hydrogen-bond acceptors (Lipinski definition) is 3. The first kappa shape index (κ1) is 22.0. The monoisotopic (exact) mass is 422 g/mol. The third-order valence-corrected chi connectivity index (χ3v) is 4.67. The summed E-state index contributed by atoms with van der Waals surface area (Å²) in [5.74, 6) is -0.122. The van der Waals surface area contributed by atoms with Crippen molar-refractivity contribution in [2.24, 2.45) is 0 Å². The molecule has 0 bridgehead atoms. The molecule has 7 heteroatoms. The Morgan fingerprint density at radius 1 is 0.935 bits per heavy atom. The van der Waals surface area contributed by atoms with E-state index in [0.29, 0.717) is 29.2 Å². The van der Waals surface area contributed by atoms with Crippen LogP contribution < -0.4 is 20.3 Å². The van der Waals surface area contributed by atoms with Crippen molar-refractivity contribution >= 4 is 23.2 Å². The molecule has 160 valence electrons. The normalized spacial score (nSPS) is 11.5. The quantitative estimate of drug-likeness (QED) is 0.523. The Morgan fingerprint density at radius 2 is 1.61 bits per heavy atom. The van der Waals surface area contributed by atoms with E-state index in [4.69, 9.17) is 4.74 Å². The van der Waals surface area contributed by atoms with Crippen molar-refractivity contribution in [2.75, 3.05) is 31.3 Å². The minimum Gasteiger partial charge on any atom is -0.495 e. The molecule has 1 unspecified atom stereocenters. The van der Waals surface area contributed by atoms with Crippen LogP contribution in [0, 0.1) is 5.82 Å². The molecule has 0 heterocycles. The lowest BCUT2D eigenvalue weighted by molar-refractivity contribution is -0.885. The molecule has 3 rings (SSSR count). The zero-order valence-electron chi connectivity index (χ0n) is 17.4. The Labute approximate surface area is 180 Å². The average molecular weight is 422 g/mol. The lowest BCUT2D eigenvalue weighted by Crippen LogP contribution is -3.08. The van der Waals surface area contributed by atoms with Crippen LogP contribution in [0.5, 0.6) is 5.75 Å². The van der Waals surface area contributed by atoms with Crippen molar-refractivity contribution in [3.05, 3.63) is 89.7 Å². The van der Waals surface area contributed by atoms with Gasteiger partial charge in [0, 0.05) is 16.8 Å². The summed E-state index contributed by atoms with van der Waals surface area (Å²) < 4.78 is 18.2. The van der Waals surface area contributed by atoms with Crippen LogP contribution in [0.1, 0.15) is 15.9 Å². The fraction of sp³-hybridized carbons (Fsp3) is 0.167. The summed E-state index contributed by atoms with van der Waals surface area (Å²) in [6.07, 6.45) is 0. The largest absolute Gasteiger partial charge is 0.495 e. The first-order valence-electron chi connectivity index (χ1n) is 9.84. The Morgan fingerprint density at radius 3 is 2.29 bits per heavy atom. The molecule has 0 aliphatic carbocycles. The summed E-state index contributed by atoms with van der Waals surface area (Å²) in [5, 5.41) is 5.64. The molecule has 0 spiro atoms. The molecule has 0 aliphatic heterocycles. The molecule has 3 aromatic carbocycles. The highest BCUT2D eigenvalue weighted by molar-refractivity contribution is 6.05. The van der Waals surface area contributed by atoms with Crippen LogP contribution in [0.25, 0.3) is 0 Å². The number of halogens is 1. The number of carbonyl (C=O) groups is 2. The van der Waals surface area contributed by atoms with E-state index in [2.05, 4.69) is 10.6 Å². The van der Waals surface area contributed by atoms with E-state index in [0.717, 1.165) is 10.5 Å². The maximum absolute atomic E-state index is 13.0. The summed E-state index contributed by atoms with van der Waals surface area (Å²) in [6.45, 7) is 0.864. The highest BCUT2D eigenvalue weighted by Gasteiger charge is 2.13. The second kappa shape index (κ2) is 10.4. The molecule has 1 atom stereocenters. The van der Waals surface area contributed by atoms with E-state index in [1.54, 1.807) is 55.6 Å². The number of methoxy groups -OCH3 is 1. The number of nitrogens with one attached hydrogen (secondary N) is 3. The van der Waals surface area contributed by atoms with Crippen LogP contribution in [-0.4, -0.2) is 32.5 Å². The predicted octanol–water partition coefficient (Wildman–Crippen LogP) is 2.74. The molecule has 2 amide bonds. The second-order valence-electron chi connectivity index (χ2n) is 7.22. The molecule has 0 aliphatic rings. The number of anilines is 2. The third-order valence-electron chi connectivity index (χ3n) is 4.67. The number of quaternary nitrogens is 1. The van der Waals surface area contributed by atoms with Crippen LogP contribution in [0.4, 0.5) is 15.8 Å². The second-order valence-corrected chi connectivity index (χ2v) is 7.22. The lowest BCUT2D eigenvalue weighted by atomic mass is 10.2. The number of ether oxygens (including phenoxy) is 1. The molecule has 3 N–H and O–H groups in total. The fourth-order valence-electron chi connectivity index (χ4n) is 3.14. The SMILES string of the molecule is COc1ccccc1NC(=O)c1ccc(NC(=O)C[NH+](C)Cc2ccc(F)cc2)cc1. The van der Waals surface area contributed by atoms with Crippen molar-refractivity contribution in [2.45, 2.75) is 6.54 Å². The summed E-state index contributed by atoms with van der Waals surface area (Å²) >= 11 is 0. The van der Waals surface area contributed by atoms with Crippen LogP contribution >= 0.6 is 0 Å². The van der Waals surface area contributed by atoms with Crippen molar-refractivity contribution in [1.82, 2.24) is 0 Å². The van der Waals surface area contributed by atoms with Crippen LogP contribution in [0.15, 0.2) is 72.8 Å². The molecular formula is C24H25FN3O3+. The van der Waals surface area contributed by atoms with Crippen LogP contribution in [0.3, 0.4) is 0 Å². The van der Waals surface area contributed by atoms with E-state index in [1.807, 2.05) is 19.2 Å². The summed E-state index contributed by atoms with van der Waals surface area (Å²) in [4.78, 5) is 25.8. The Bertz CT molecular complexity index is 1040. The molecule has 6 nitrogen and oxygen atoms in total. The van der Waals surface area contributed by atoms with Gasteiger partial charge < -0.3 is 20.3 Å². The molecule has 0 saturated carbocycles. The topological polar surface area (TPSA) is 71.9 Å². The molecular weight excluding hydrogens is 397 g/mol. The number of likely N-dealkylation sites (N-methyl/N-ethyl adjacent to an activating group) is 1. The fourth-order valence-corrected chi connectivity index (χ4v) is 3.14. The highest BCUT2D eigenvalue weighted by atomic mass is 19.1. The van der Waals surface area contributed by atoms with Gasteiger partial charge >= 0.3 is 0 Å². The first-order chi connectivity index (χ1) is 14.9. The molecule has 0 aromatic heterocycles. The van der Waals surface area contributed by atoms with Crippen molar-refractivity contribution < 1.29 is 23.6 Å². The van der Waals surface area contributed by atoms with Gasteiger partial charge in [0.05, 0.1) is 19.8 Å². The molecule has 0 radical (unpaired) electrons. The zero-order valence-corrected chi connectivity index (χ0v) is 17.4. The summed E-state index contributed by atoms with van der Waals surface area (Å²) in [7, 11) is 3.44. The van der Waals surface area contributed by atoms with Crippen molar-refractivity contribution in [3.8, 4) is 5.75 Å². The minimum atomic E-state index is -0.279. The van der Waals surface area contributed by atoms with Gasteiger partial charge in [-0.2, -0.15) is 0 Å². The van der Waals surface area contributed by atoms with Gasteiger partial charge in [0.15, 0.2) is 6.54 Å². The summed E-state index contributed by atoms with van der Waals surface area (Å²) in [5.41, 5.74) is 2.60. The van der Waals surface area contributed by atoms with Gasteiger partial charge in [-0.05, 0) is 48.5 Å². The van der Waals surface area contributed by atoms with Crippen LogP contribution in [0.2, 0.25) is 0 Å². The number of hydrogen-bond donors (Lipinski definition) is 3. The molecule has 3 aromatic rings. The minimum absolute atomic E-state index is 0.147. The number of rotatable bonds is 8. The predicted molar refractivity (Wildman–Crippen MR) is 118 cm³/mol. The Kier molecular flexibility index (Phi) is 7.35. The van der Waals surface area contributed by atoms with Gasteiger partial charge in [-0.15, -0.1) is 0 Å². The summed E-state index contributed by atoms with van der Waals surface area (Å²) in [6, 6.07) is 20.1. The van der Waals surface area contributed by atoms with Gasteiger partial charge in [0.25, 0.3) is 11.8 Å². The zero-order chi connectivity index (χ0) is 22.2. The van der Waals surface area contributed by atoms with E-state index < -0.39 is 0 Å². The first-order valence-corrected chi connectivity index (χ1v) is 9.84. The van der Waals surface area contributed by atoms with Crippen molar-refractivity contribution in [1.29, 1.82) is 0 Å². The Hall–Kier alpha value is -3.71. The van der Waals surface area contributed by atoms with E-state index in [-0.39, 0.29) is 24.2 Å². The van der Waals surface area contributed by atoms with Gasteiger partial charge in [0.2, 0.25) is 0 Å². The lowest BCUT2D eigenvalue weighted by Gasteiger charge is -2.14. The smallest absolute Gasteiger partial charge is 0.279 e. The van der Waals surface area contributed by atoms with Gasteiger partial charge in [-0.3, -0.25) is 9.59 Å². The van der Waals surface area contributed by atoms with Gasteiger partial charge in [-0.25, -0.2) is 4.39 Å². The average Bonchev–Trinajstić information content (AvgIpc) is 2.76. The third kappa shape index (κ3) is 6.38. The molecule has 0 fully saturated rings. The van der Waals surface area contributed by atoms with E-state index in [1.165, 1.54) is 12.1 Å². The number of carbonyl (C=O) groups excluding carboxylic acids is 2. The van der Waals surface area contributed by atoms with E-state index in [9.17, 15) is 14.0 Å². The number of para-hydroxylation sites is 2.